The predicted molar refractivity (Wildman–Crippen MR) is 113 cm³/mol. The maximum atomic E-state index is 12.0. The first-order valence-electron chi connectivity index (χ1n) is 8.40. The molecule has 2 aromatic carbocycles. The Balaban J connectivity index is 1.43. The zero-order chi connectivity index (χ0) is 19.2. The lowest BCUT2D eigenvalue weighted by Gasteiger charge is -2.08. The number of imidazole rings is 1. The molecule has 0 unspecified atom stereocenters. The minimum Gasteiger partial charge on any atom is -0.351 e. The van der Waals surface area contributed by atoms with Gasteiger partial charge in [-0.15, -0.1) is 11.8 Å². The van der Waals surface area contributed by atoms with E-state index in [1.54, 1.807) is 24.0 Å². The van der Waals surface area contributed by atoms with Crippen LogP contribution in [-0.4, -0.2) is 21.2 Å². The van der Waals surface area contributed by atoms with E-state index in [4.69, 9.17) is 23.2 Å². The molecule has 1 heterocycles. The molecule has 27 heavy (non-hydrogen) atoms. The average Bonchev–Trinajstić information content (AvgIpc) is 3.09. The molecule has 0 saturated carbocycles. The fourth-order valence-electron chi connectivity index (χ4n) is 2.57. The average molecular weight is 420 g/mol. The Kier molecular flexibility index (Phi) is 6.83. The number of hydrogen-bond acceptors (Lipinski definition) is 3. The quantitative estimate of drug-likeness (QED) is 0.583. The van der Waals surface area contributed by atoms with Gasteiger partial charge in [0.05, 0.1) is 15.8 Å². The molecule has 3 aromatic rings. The van der Waals surface area contributed by atoms with Gasteiger partial charge in [0.1, 0.15) is 5.82 Å². The maximum absolute atomic E-state index is 12.0. The predicted octanol–water partition coefficient (Wildman–Crippen LogP) is 5.04. The lowest BCUT2D eigenvalue weighted by molar-refractivity contribution is -0.118. The molecule has 7 heteroatoms. The smallest absolute Gasteiger partial charge is 0.230 e. The summed E-state index contributed by atoms with van der Waals surface area (Å²) in [6.45, 7) is 2.47. The molecule has 140 valence electrons. The van der Waals surface area contributed by atoms with Crippen LogP contribution in [0, 0.1) is 6.92 Å². The third-order valence-corrected chi connectivity index (χ3v) is 5.76. The number of aromatic nitrogens is 2. The number of hydrogen-bond donors (Lipinski definition) is 1. The van der Waals surface area contributed by atoms with Gasteiger partial charge in [-0.1, -0.05) is 41.4 Å². The summed E-state index contributed by atoms with van der Waals surface area (Å²) in [6, 6.07) is 13.6. The highest BCUT2D eigenvalue weighted by atomic mass is 35.5. The summed E-state index contributed by atoms with van der Waals surface area (Å²) in [5, 5.41) is 4.02. The maximum Gasteiger partial charge on any atom is 0.230 e. The van der Waals surface area contributed by atoms with Gasteiger partial charge in [-0.2, -0.15) is 0 Å². The Labute approximate surface area is 172 Å². The fraction of sp³-hybridized carbons (Fsp3) is 0.200. The Morgan fingerprint density at radius 2 is 1.85 bits per heavy atom. The number of amides is 1. The Morgan fingerprint density at radius 3 is 2.52 bits per heavy atom. The van der Waals surface area contributed by atoms with E-state index in [0.717, 1.165) is 22.6 Å². The summed E-state index contributed by atoms with van der Waals surface area (Å²) in [4.78, 5) is 16.3. The number of benzene rings is 2. The molecule has 1 amide bonds. The summed E-state index contributed by atoms with van der Waals surface area (Å²) >= 11 is 13.4. The van der Waals surface area contributed by atoms with Crippen LogP contribution in [0.1, 0.15) is 17.0 Å². The number of carbonyl (C=O) groups excluding carboxylic acids is 1. The van der Waals surface area contributed by atoms with Crippen LogP contribution in [0.3, 0.4) is 0 Å². The van der Waals surface area contributed by atoms with Gasteiger partial charge < -0.3 is 9.88 Å². The molecular formula is C20H19Cl2N3OS. The minimum absolute atomic E-state index is 0.00888. The Morgan fingerprint density at radius 1 is 1.11 bits per heavy atom. The second kappa shape index (κ2) is 9.31. The molecule has 0 atom stereocenters. The lowest BCUT2D eigenvalue weighted by Crippen LogP contribution is -2.24. The van der Waals surface area contributed by atoms with E-state index in [1.165, 1.54) is 0 Å². The van der Waals surface area contributed by atoms with Gasteiger partial charge in [-0.3, -0.25) is 4.79 Å². The molecular weight excluding hydrogens is 401 g/mol. The minimum atomic E-state index is 0.00888. The zero-order valence-corrected chi connectivity index (χ0v) is 17.1. The molecule has 0 bridgehead atoms. The van der Waals surface area contributed by atoms with E-state index < -0.39 is 0 Å². The first-order valence-corrected chi connectivity index (χ1v) is 10.3. The first kappa shape index (κ1) is 19.8. The van der Waals surface area contributed by atoms with Crippen molar-refractivity contribution in [3.8, 4) is 5.69 Å². The number of carbonyl (C=O) groups is 1. The van der Waals surface area contributed by atoms with Crippen LogP contribution in [0.2, 0.25) is 10.0 Å². The van der Waals surface area contributed by atoms with Gasteiger partial charge >= 0.3 is 0 Å². The number of halogens is 2. The zero-order valence-electron chi connectivity index (χ0n) is 14.8. The second-order valence-corrected chi connectivity index (χ2v) is 7.83. The third-order valence-electron chi connectivity index (χ3n) is 4.02. The third kappa shape index (κ3) is 5.51. The van der Waals surface area contributed by atoms with Crippen molar-refractivity contribution in [2.45, 2.75) is 19.2 Å². The van der Waals surface area contributed by atoms with Crippen molar-refractivity contribution in [3.05, 3.63) is 81.9 Å². The topological polar surface area (TPSA) is 46.9 Å². The van der Waals surface area contributed by atoms with Crippen LogP contribution in [0.25, 0.3) is 5.69 Å². The second-order valence-electron chi connectivity index (χ2n) is 6.03. The first-order chi connectivity index (χ1) is 13.0. The van der Waals surface area contributed by atoms with Crippen molar-refractivity contribution in [3.63, 3.8) is 0 Å². The fourth-order valence-corrected chi connectivity index (χ4v) is 3.69. The van der Waals surface area contributed by atoms with Gasteiger partial charge in [0, 0.05) is 30.4 Å². The normalized spacial score (nSPS) is 10.8. The summed E-state index contributed by atoms with van der Waals surface area (Å²) in [5.41, 5.74) is 3.16. The SMILES string of the molecule is Cc1nccn1-c1ccc(CNC(=O)CSCc2ccc(Cl)c(Cl)c2)cc1. The molecule has 0 aliphatic heterocycles. The van der Waals surface area contributed by atoms with Crippen molar-refractivity contribution >= 4 is 40.9 Å². The van der Waals surface area contributed by atoms with Crippen molar-refractivity contribution in [1.29, 1.82) is 0 Å². The van der Waals surface area contributed by atoms with Crippen molar-refractivity contribution < 1.29 is 4.79 Å². The van der Waals surface area contributed by atoms with Crippen molar-refractivity contribution in [1.82, 2.24) is 14.9 Å². The summed E-state index contributed by atoms with van der Waals surface area (Å²) < 4.78 is 2.02. The highest BCUT2D eigenvalue weighted by Crippen LogP contribution is 2.24. The number of aryl methyl sites for hydroxylation is 1. The van der Waals surface area contributed by atoms with Crippen LogP contribution in [0.4, 0.5) is 0 Å². The number of rotatable bonds is 7. The largest absolute Gasteiger partial charge is 0.351 e. The molecule has 4 nitrogen and oxygen atoms in total. The van der Waals surface area contributed by atoms with E-state index in [2.05, 4.69) is 10.3 Å². The molecule has 0 fully saturated rings. The molecule has 0 saturated heterocycles. The molecule has 0 aliphatic rings. The van der Waals surface area contributed by atoms with E-state index in [-0.39, 0.29) is 5.91 Å². The Bertz CT molecular complexity index is 925. The Hall–Kier alpha value is -1.95. The highest BCUT2D eigenvalue weighted by molar-refractivity contribution is 7.99. The molecule has 0 radical (unpaired) electrons. The van der Waals surface area contributed by atoms with Gasteiger partial charge in [-0.05, 0) is 42.3 Å². The van der Waals surface area contributed by atoms with Gasteiger partial charge in [0.2, 0.25) is 5.91 Å². The van der Waals surface area contributed by atoms with Gasteiger partial charge in [-0.25, -0.2) is 4.98 Å². The molecule has 0 spiro atoms. The van der Waals surface area contributed by atoms with Gasteiger partial charge in [0.25, 0.3) is 0 Å². The van der Waals surface area contributed by atoms with E-state index in [9.17, 15) is 4.79 Å². The van der Waals surface area contributed by atoms with Crippen LogP contribution < -0.4 is 5.32 Å². The number of nitrogens with zero attached hydrogens (tertiary/aromatic N) is 2. The molecule has 0 aliphatic carbocycles. The van der Waals surface area contributed by atoms with Crippen molar-refractivity contribution in [2.24, 2.45) is 0 Å². The summed E-state index contributed by atoms with van der Waals surface area (Å²) in [7, 11) is 0. The molecule has 1 aromatic heterocycles. The van der Waals surface area contributed by atoms with E-state index >= 15 is 0 Å². The summed E-state index contributed by atoms with van der Waals surface area (Å²) in [6.07, 6.45) is 3.70. The van der Waals surface area contributed by atoms with E-state index in [0.29, 0.717) is 28.1 Å². The lowest BCUT2D eigenvalue weighted by atomic mass is 10.2. The molecule has 1 N–H and O–H groups in total. The van der Waals surface area contributed by atoms with Crippen LogP contribution in [-0.2, 0) is 17.1 Å². The molecule has 3 rings (SSSR count). The highest BCUT2D eigenvalue weighted by Gasteiger charge is 2.05. The monoisotopic (exact) mass is 419 g/mol. The van der Waals surface area contributed by atoms with Crippen LogP contribution in [0.15, 0.2) is 54.9 Å². The van der Waals surface area contributed by atoms with E-state index in [1.807, 2.05) is 54.1 Å². The van der Waals surface area contributed by atoms with Crippen LogP contribution >= 0.6 is 35.0 Å². The number of thioether (sulfide) groups is 1. The standard InChI is InChI=1S/C20H19Cl2N3OS/c1-14-23-8-9-25(14)17-5-2-15(3-6-17)11-24-20(26)13-27-12-16-4-7-18(21)19(22)10-16/h2-10H,11-13H2,1H3,(H,24,26). The number of nitrogens with one attached hydrogen (secondary N) is 1. The van der Waals surface area contributed by atoms with Crippen molar-refractivity contribution in [2.75, 3.05) is 5.75 Å². The summed E-state index contributed by atoms with van der Waals surface area (Å²) in [5.74, 6) is 2.06. The van der Waals surface area contributed by atoms with Gasteiger partial charge in [0.15, 0.2) is 0 Å². The van der Waals surface area contributed by atoms with Crippen LogP contribution in [0.5, 0.6) is 0 Å².